The van der Waals surface area contributed by atoms with Crippen molar-refractivity contribution in [3.63, 3.8) is 0 Å². The van der Waals surface area contributed by atoms with Crippen LogP contribution in [0.2, 0.25) is 0 Å². The molecule has 2 heterocycles. The van der Waals surface area contributed by atoms with Crippen LogP contribution in [-0.4, -0.2) is 48.6 Å². The number of amides is 1. The number of thiazole rings is 1. The Bertz CT molecular complexity index is 394. The van der Waals surface area contributed by atoms with E-state index in [1.807, 2.05) is 18.0 Å². The number of carbonyl (C=O) groups excluding carboxylic acids is 1. The first kappa shape index (κ1) is 12.5. The third kappa shape index (κ3) is 3.02. The van der Waals surface area contributed by atoms with Gasteiger partial charge in [-0.3, -0.25) is 4.79 Å². The molecule has 1 unspecified atom stereocenters. The number of aryl methyl sites for hydroxylation is 1. The molecule has 1 aliphatic heterocycles. The molecule has 2 rings (SSSR count). The zero-order chi connectivity index (χ0) is 12.3. The molecule has 1 atom stereocenters. The Morgan fingerprint density at radius 3 is 3.18 bits per heavy atom. The third-order valence-electron chi connectivity index (χ3n) is 2.76. The number of hydrogen-bond donors (Lipinski definition) is 1. The predicted molar refractivity (Wildman–Crippen MR) is 65.9 cm³/mol. The lowest BCUT2D eigenvalue weighted by atomic mass is 10.2. The normalized spacial score (nSPS) is 21.6. The summed E-state index contributed by atoms with van der Waals surface area (Å²) in [4.78, 5) is 19.3. The fourth-order valence-corrected chi connectivity index (χ4v) is 2.62. The van der Waals surface area contributed by atoms with Gasteiger partial charge in [0.1, 0.15) is 6.04 Å². The van der Waals surface area contributed by atoms with Crippen molar-refractivity contribution in [1.29, 1.82) is 0 Å². The van der Waals surface area contributed by atoms with E-state index < -0.39 is 0 Å². The average molecular weight is 255 g/mol. The highest BCUT2D eigenvalue weighted by Crippen LogP contribution is 2.15. The van der Waals surface area contributed by atoms with Crippen LogP contribution < -0.4 is 5.32 Å². The molecule has 0 radical (unpaired) electrons. The van der Waals surface area contributed by atoms with Crippen LogP contribution in [0.4, 0.5) is 0 Å². The van der Waals surface area contributed by atoms with E-state index in [4.69, 9.17) is 4.74 Å². The van der Waals surface area contributed by atoms with Crippen molar-refractivity contribution in [3.05, 3.63) is 16.1 Å². The molecule has 94 valence electrons. The molecule has 5 nitrogen and oxygen atoms in total. The Hall–Kier alpha value is -0.980. The van der Waals surface area contributed by atoms with Gasteiger partial charge < -0.3 is 15.0 Å². The van der Waals surface area contributed by atoms with Crippen LogP contribution in [-0.2, 0) is 16.1 Å². The summed E-state index contributed by atoms with van der Waals surface area (Å²) in [6, 6.07) is -0.230. The minimum Gasteiger partial charge on any atom is -0.377 e. The van der Waals surface area contributed by atoms with Crippen molar-refractivity contribution >= 4 is 17.2 Å². The second kappa shape index (κ2) is 5.57. The first-order valence-corrected chi connectivity index (χ1v) is 6.47. The summed E-state index contributed by atoms with van der Waals surface area (Å²) in [7, 11) is 1.78. The lowest BCUT2D eigenvalue weighted by molar-refractivity contribution is -0.133. The highest BCUT2D eigenvalue weighted by molar-refractivity contribution is 7.11. The van der Waals surface area contributed by atoms with Crippen LogP contribution in [0.1, 0.15) is 9.88 Å². The van der Waals surface area contributed by atoms with Crippen LogP contribution in [0.5, 0.6) is 0 Å². The van der Waals surface area contributed by atoms with Crippen molar-refractivity contribution in [2.45, 2.75) is 19.5 Å². The zero-order valence-electron chi connectivity index (χ0n) is 10.1. The standard InChI is InChI=1S/C11H17N3O2S/c1-8-13-5-9(17-8)6-14-3-4-16-7-10(12-2)11(14)15/h5,10,12H,3-4,6-7H2,1-2H3. The predicted octanol–water partition coefficient (Wildman–Crippen LogP) is 0.398. The van der Waals surface area contributed by atoms with E-state index in [2.05, 4.69) is 10.3 Å². The van der Waals surface area contributed by atoms with Gasteiger partial charge >= 0.3 is 0 Å². The fourth-order valence-electron chi connectivity index (χ4n) is 1.81. The van der Waals surface area contributed by atoms with E-state index in [-0.39, 0.29) is 11.9 Å². The molecule has 1 saturated heterocycles. The smallest absolute Gasteiger partial charge is 0.242 e. The maximum atomic E-state index is 12.2. The van der Waals surface area contributed by atoms with Gasteiger partial charge in [0.25, 0.3) is 0 Å². The van der Waals surface area contributed by atoms with Crippen LogP contribution in [0.25, 0.3) is 0 Å². The zero-order valence-corrected chi connectivity index (χ0v) is 10.9. The minimum atomic E-state index is -0.230. The fraction of sp³-hybridized carbons (Fsp3) is 0.636. The third-order valence-corrected chi connectivity index (χ3v) is 3.66. The molecule has 1 aromatic heterocycles. The molecular formula is C11H17N3O2S. The van der Waals surface area contributed by atoms with Crippen LogP contribution in [0, 0.1) is 6.92 Å². The monoisotopic (exact) mass is 255 g/mol. The molecule has 17 heavy (non-hydrogen) atoms. The van der Waals surface area contributed by atoms with Crippen molar-refractivity contribution < 1.29 is 9.53 Å². The van der Waals surface area contributed by atoms with Crippen LogP contribution in [0.3, 0.4) is 0 Å². The molecular weight excluding hydrogens is 238 g/mol. The van der Waals surface area contributed by atoms with E-state index in [9.17, 15) is 4.79 Å². The van der Waals surface area contributed by atoms with Crippen molar-refractivity contribution in [1.82, 2.24) is 15.2 Å². The van der Waals surface area contributed by atoms with E-state index in [1.54, 1.807) is 18.4 Å². The molecule has 0 bridgehead atoms. The van der Waals surface area contributed by atoms with Crippen LogP contribution >= 0.6 is 11.3 Å². The number of likely N-dealkylation sites (N-methyl/N-ethyl adjacent to an activating group) is 1. The van der Waals surface area contributed by atoms with Gasteiger partial charge in [0.2, 0.25) is 5.91 Å². The molecule has 1 aliphatic rings. The molecule has 0 aliphatic carbocycles. The number of ether oxygens (including phenoxy) is 1. The number of nitrogens with zero attached hydrogens (tertiary/aromatic N) is 2. The molecule has 0 saturated carbocycles. The van der Waals surface area contributed by atoms with Crippen molar-refractivity contribution in [3.8, 4) is 0 Å². The number of carbonyl (C=O) groups is 1. The molecule has 1 amide bonds. The summed E-state index contributed by atoms with van der Waals surface area (Å²) >= 11 is 1.63. The van der Waals surface area contributed by atoms with Gasteiger partial charge in [-0.25, -0.2) is 4.98 Å². The summed E-state index contributed by atoms with van der Waals surface area (Å²) in [6.07, 6.45) is 1.84. The van der Waals surface area contributed by atoms with Gasteiger partial charge in [-0.05, 0) is 14.0 Å². The van der Waals surface area contributed by atoms with E-state index in [0.29, 0.717) is 26.3 Å². The van der Waals surface area contributed by atoms with Crippen molar-refractivity contribution in [2.75, 3.05) is 26.8 Å². The van der Waals surface area contributed by atoms with Crippen LogP contribution in [0.15, 0.2) is 6.20 Å². The van der Waals surface area contributed by atoms with Gasteiger partial charge in [-0.2, -0.15) is 0 Å². The summed E-state index contributed by atoms with van der Waals surface area (Å²) in [6.45, 7) is 4.30. The summed E-state index contributed by atoms with van der Waals surface area (Å²) in [5, 5.41) is 4.02. The SMILES string of the molecule is CNC1COCCN(Cc2cnc(C)s2)C1=O. The number of rotatable bonds is 3. The average Bonchev–Trinajstić information content (AvgIpc) is 2.64. The largest absolute Gasteiger partial charge is 0.377 e. The molecule has 1 fully saturated rings. The second-order valence-corrected chi connectivity index (χ2v) is 5.34. The molecule has 1 aromatic rings. The van der Waals surface area contributed by atoms with E-state index >= 15 is 0 Å². The van der Waals surface area contributed by atoms with Crippen molar-refractivity contribution in [2.24, 2.45) is 0 Å². The molecule has 6 heteroatoms. The van der Waals surface area contributed by atoms with Gasteiger partial charge in [-0.1, -0.05) is 0 Å². The Morgan fingerprint density at radius 1 is 1.71 bits per heavy atom. The van der Waals surface area contributed by atoms with Gasteiger partial charge in [0.15, 0.2) is 0 Å². The first-order chi connectivity index (χ1) is 8.20. The Balaban J connectivity index is 2.05. The van der Waals surface area contributed by atoms with E-state index in [1.165, 1.54) is 0 Å². The van der Waals surface area contributed by atoms with Gasteiger partial charge in [-0.15, -0.1) is 11.3 Å². The first-order valence-electron chi connectivity index (χ1n) is 5.66. The number of hydrogen-bond acceptors (Lipinski definition) is 5. The number of aromatic nitrogens is 1. The Kier molecular flexibility index (Phi) is 4.09. The summed E-state index contributed by atoms with van der Waals surface area (Å²) in [5.41, 5.74) is 0. The molecule has 0 spiro atoms. The number of nitrogens with one attached hydrogen (secondary N) is 1. The maximum absolute atomic E-state index is 12.2. The summed E-state index contributed by atoms with van der Waals surface area (Å²) < 4.78 is 5.40. The highest BCUT2D eigenvalue weighted by Gasteiger charge is 2.26. The lowest BCUT2D eigenvalue weighted by Crippen LogP contribution is -2.45. The molecule has 0 aromatic carbocycles. The van der Waals surface area contributed by atoms with Gasteiger partial charge in [0, 0.05) is 17.6 Å². The quantitative estimate of drug-likeness (QED) is 0.849. The maximum Gasteiger partial charge on any atom is 0.242 e. The molecule has 1 N–H and O–H groups in total. The Labute approximate surface area is 105 Å². The second-order valence-electron chi connectivity index (χ2n) is 4.02. The highest BCUT2D eigenvalue weighted by atomic mass is 32.1. The van der Waals surface area contributed by atoms with E-state index in [0.717, 1.165) is 9.88 Å². The van der Waals surface area contributed by atoms with Gasteiger partial charge in [0.05, 0.1) is 24.8 Å². The Morgan fingerprint density at radius 2 is 2.53 bits per heavy atom. The topological polar surface area (TPSA) is 54.5 Å². The minimum absolute atomic E-state index is 0.107. The lowest BCUT2D eigenvalue weighted by Gasteiger charge is -2.22. The summed E-state index contributed by atoms with van der Waals surface area (Å²) in [5.74, 6) is 0.107.